The number of aromatic nitrogens is 2. The number of nitrogens with one attached hydrogen (secondary N) is 1. The average Bonchev–Trinajstić information content (AvgIpc) is 3.19. The number of primary sulfonamides is 1. The molecule has 0 saturated carbocycles. The summed E-state index contributed by atoms with van der Waals surface area (Å²) in [6.07, 6.45) is 1.53. The van der Waals surface area contributed by atoms with Gasteiger partial charge in [-0.15, -0.1) is 0 Å². The molecule has 2 heterocycles. The molecular weight excluding hydrogens is 468 g/mol. The third-order valence-electron chi connectivity index (χ3n) is 5.49. The van der Waals surface area contributed by atoms with Gasteiger partial charge >= 0.3 is 0 Å². The molecule has 0 unspecified atom stereocenters. The van der Waals surface area contributed by atoms with Crippen LogP contribution in [0, 0.1) is 18.3 Å². The Morgan fingerprint density at radius 3 is 2.40 bits per heavy atom. The molecule has 35 heavy (non-hydrogen) atoms. The number of amides is 1. The van der Waals surface area contributed by atoms with Gasteiger partial charge in [-0.2, -0.15) is 10.4 Å². The van der Waals surface area contributed by atoms with E-state index in [1.165, 1.54) is 30.3 Å². The summed E-state index contributed by atoms with van der Waals surface area (Å²) < 4.78 is 30.2. The van der Waals surface area contributed by atoms with Gasteiger partial charge in [-0.1, -0.05) is 18.2 Å². The Morgan fingerprint density at radius 1 is 1.14 bits per heavy atom. The fraction of sp³-hybridized carbons (Fsp3) is 0.208. The number of sulfonamides is 1. The van der Waals surface area contributed by atoms with Crippen LogP contribution in [0.3, 0.4) is 0 Å². The van der Waals surface area contributed by atoms with Crippen LogP contribution >= 0.6 is 0 Å². The fourth-order valence-electron chi connectivity index (χ4n) is 3.74. The summed E-state index contributed by atoms with van der Waals surface area (Å²) >= 11 is 0. The summed E-state index contributed by atoms with van der Waals surface area (Å²) in [6, 6.07) is 17.0. The molecule has 0 spiro atoms. The van der Waals surface area contributed by atoms with Crippen LogP contribution < -0.4 is 15.4 Å². The second-order valence-electron chi connectivity index (χ2n) is 7.86. The number of benzene rings is 2. The van der Waals surface area contributed by atoms with Crippen molar-refractivity contribution in [2.24, 2.45) is 5.14 Å². The number of rotatable bonds is 6. The van der Waals surface area contributed by atoms with Crippen LogP contribution in [0.5, 0.6) is 0 Å². The van der Waals surface area contributed by atoms with Crippen molar-refractivity contribution in [3.63, 3.8) is 0 Å². The zero-order valence-corrected chi connectivity index (χ0v) is 19.8. The zero-order chi connectivity index (χ0) is 25.0. The van der Waals surface area contributed by atoms with Gasteiger partial charge in [0.25, 0.3) is 5.91 Å². The number of para-hydroxylation sites is 1. The molecule has 10 nitrogen and oxygen atoms in total. The summed E-state index contributed by atoms with van der Waals surface area (Å²) in [5.41, 5.74) is 2.38. The number of morpholine rings is 1. The van der Waals surface area contributed by atoms with Crippen LogP contribution in [0.2, 0.25) is 0 Å². The molecule has 1 saturated heterocycles. The van der Waals surface area contributed by atoms with E-state index in [9.17, 15) is 18.5 Å². The maximum Gasteiger partial charge on any atom is 0.266 e. The van der Waals surface area contributed by atoms with E-state index in [0.29, 0.717) is 43.2 Å². The molecule has 0 radical (unpaired) electrons. The van der Waals surface area contributed by atoms with Gasteiger partial charge in [0.15, 0.2) is 0 Å². The highest BCUT2D eigenvalue weighted by molar-refractivity contribution is 7.89. The number of carbonyl (C=O) groups is 1. The number of carbonyl (C=O) groups excluding carboxylic acids is 1. The smallest absolute Gasteiger partial charge is 0.266 e. The Kier molecular flexibility index (Phi) is 6.97. The van der Waals surface area contributed by atoms with E-state index in [4.69, 9.17) is 15.0 Å². The van der Waals surface area contributed by atoms with Gasteiger partial charge in [0, 0.05) is 24.3 Å². The number of aryl methyl sites for hydroxylation is 1. The standard InChI is InChI=1S/C24H24N6O4S/c1-17-22(15-18(16-25)23(31)27-19-7-9-21(10-8-19)35(26,32)33)24(29-11-13-34-14-12-29)30(28-17)20-5-3-2-4-6-20/h2-10,15H,11-14H2,1H3,(H,27,31)(H2,26,32,33)/b18-15+. The Balaban J connectivity index is 1.70. The molecular formula is C24H24N6O4S. The van der Waals surface area contributed by atoms with E-state index in [1.807, 2.05) is 48.0 Å². The number of hydrogen-bond acceptors (Lipinski definition) is 7. The molecule has 4 rings (SSSR count). The molecule has 0 atom stereocenters. The van der Waals surface area contributed by atoms with Gasteiger partial charge in [0.2, 0.25) is 10.0 Å². The van der Waals surface area contributed by atoms with Crippen molar-refractivity contribution >= 4 is 33.5 Å². The van der Waals surface area contributed by atoms with E-state index in [1.54, 1.807) is 0 Å². The fourth-order valence-corrected chi connectivity index (χ4v) is 4.26. The lowest BCUT2D eigenvalue weighted by molar-refractivity contribution is -0.112. The van der Waals surface area contributed by atoms with Crippen LogP contribution in [0.4, 0.5) is 11.5 Å². The number of nitrogens with two attached hydrogens (primary N) is 1. The normalized spacial score (nSPS) is 14.4. The van der Waals surface area contributed by atoms with Gasteiger partial charge < -0.3 is 15.0 Å². The maximum absolute atomic E-state index is 12.9. The third kappa shape index (κ3) is 5.41. The lowest BCUT2D eigenvalue weighted by atomic mass is 10.1. The largest absolute Gasteiger partial charge is 0.378 e. The third-order valence-corrected chi connectivity index (χ3v) is 6.42. The van der Waals surface area contributed by atoms with Gasteiger partial charge in [-0.3, -0.25) is 4.79 Å². The molecule has 1 aromatic heterocycles. The van der Waals surface area contributed by atoms with Gasteiger partial charge in [0.05, 0.1) is 29.5 Å². The first-order valence-electron chi connectivity index (χ1n) is 10.8. The molecule has 180 valence electrons. The van der Waals surface area contributed by atoms with Crippen molar-refractivity contribution in [2.45, 2.75) is 11.8 Å². The lowest BCUT2D eigenvalue weighted by Crippen LogP contribution is -2.37. The predicted octanol–water partition coefficient (Wildman–Crippen LogP) is 2.21. The minimum absolute atomic E-state index is 0.0781. The van der Waals surface area contributed by atoms with E-state index in [2.05, 4.69) is 10.2 Å². The summed E-state index contributed by atoms with van der Waals surface area (Å²) in [7, 11) is -3.85. The molecule has 1 amide bonds. The van der Waals surface area contributed by atoms with Crippen molar-refractivity contribution in [2.75, 3.05) is 36.5 Å². The van der Waals surface area contributed by atoms with E-state index >= 15 is 0 Å². The minimum atomic E-state index is -3.85. The van der Waals surface area contributed by atoms with Crippen molar-refractivity contribution in [3.05, 3.63) is 71.4 Å². The summed E-state index contributed by atoms with van der Waals surface area (Å²) in [5.74, 6) is 0.144. The Bertz CT molecular complexity index is 1400. The molecule has 1 fully saturated rings. The van der Waals surface area contributed by atoms with Crippen LogP contribution in [0.15, 0.2) is 65.1 Å². The number of nitrogens with zero attached hydrogens (tertiary/aromatic N) is 4. The van der Waals surface area contributed by atoms with Gasteiger partial charge in [-0.25, -0.2) is 18.2 Å². The van der Waals surface area contributed by atoms with Gasteiger partial charge in [0.1, 0.15) is 17.5 Å². The van der Waals surface area contributed by atoms with Crippen LogP contribution in [-0.2, 0) is 19.6 Å². The minimum Gasteiger partial charge on any atom is -0.378 e. The monoisotopic (exact) mass is 492 g/mol. The van der Waals surface area contributed by atoms with E-state index in [-0.39, 0.29) is 10.5 Å². The predicted molar refractivity (Wildman–Crippen MR) is 131 cm³/mol. The first-order valence-corrected chi connectivity index (χ1v) is 12.4. The van der Waals surface area contributed by atoms with E-state index in [0.717, 1.165) is 11.5 Å². The zero-order valence-electron chi connectivity index (χ0n) is 19.0. The van der Waals surface area contributed by atoms with Crippen molar-refractivity contribution in [1.82, 2.24) is 9.78 Å². The Morgan fingerprint density at radius 2 is 1.80 bits per heavy atom. The second-order valence-corrected chi connectivity index (χ2v) is 9.42. The molecule has 1 aliphatic heterocycles. The molecule has 3 aromatic rings. The maximum atomic E-state index is 12.9. The highest BCUT2D eigenvalue weighted by Crippen LogP contribution is 2.30. The number of hydrogen-bond donors (Lipinski definition) is 2. The van der Waals surface area contributed by atoms with Crippen LogP contribution in [0.1, 0.15) is 11.3 Å². The molecule has 0 bridgehead atoms. The SMILES string of the molecule is Cc1nn(-c2ccccc2)c(N2CCOCC2)c1/C=C(\C#N)C(=O)Nc1ccc(S(N)(=O)=O)cc1. The molecule has 0 aliphatic carbocycles. The van der Waals surface area contributed by atoms with Crippen LogP contribution in [0.25, 0.3) is 11.8 Å². The first kappa shape index (κ1) is 24.2. The highest BCUT2D eigenvalue weighted by atomic mass is 32.2. The topological polar surface area (TPSA) is 143 Å². The number of ether oxygens (including phenoxy) is 1. The summed E-state index contributed by atoms with van der Waals surface area (Å²) in [4.78, 5) is 14.9. The first-order chi connectivity index (χ1) is 16.8. The Hall–Kier alpha value is -3.98. The quantitative estimate of drug-likeness (QED) is 0.397. The van der Waals surface area contributed by atoms with Gasteiger partial charge in [-0.05, 0) is 49.4 Å². The number of nitriles is 1. The molecule has 1 aliphatic rings. The number of anilines is 2. The molecule has 2 aromatic carbocycles. The lowest BCUT2D eigenvalue weighted by Gasteiger charge is -2.29. The van der Waals surface area contributed by atoms with E-state index < -0.39 is 15.9 Å². The molecule has 3 N–H and O–H groups in total. The summed E-state index contributed by atoms with van der Waals surface area (Å²) in [5, 5.41) is 22.2. The summed E-state index contributed by atoms with van der Waals surface area (Å²) in [6.45, 7) is 4.23. The van der Waals surface area contributed by atoms with Crippen molar-refractivity contribution in [1.29, 1.82) is 5.26 Å². The van der Waals surface area contributed by atoms with Crippen molar-refractivity contribution < 1.29 is 17.9 Å². The highest BCUT2D eigenvalue weighted by Gasteiger charge is 2.24. The van der Waals surface area contributed by atoms with Crippen molar-refractivity contribution in [3.8, 4) is 11.8 Å². The Labute approximate surface area is 203 Å². The van der Waals surface area contributed by atoms with Crippen LogP contribution in [-0.4, -0.2) is 50.4 Å². The average molecular weight is 493 g/mol. The second kappa shape index (κ2) is 10.1. The molecule has 11 heteroatoms.